The molecule has 5 nitrogen and oxygen atoms in total. The van der Waals surface area contributed by atoms with Gasteiger partial charge in [0, 0.05) is 20.5 Å². The summed E-state index contributed by atoms with van der Waals surface area (Å²) in [5.41, 5.74) is 1.18. The van der Waals surface area contributed by atoms with E-state index in [1.165, 1.54) is 36.2 Å². The molecule has 2 aliphatic carbocycles. The van der Waals surface area contributed by atoms with Gasteiger partial charge in [-0.15, -0.1) is 0 Å². The minimum Gasteiger partial charge on any atom is -0.501 e. The van der Waals surface area contributed by atoms with Gasteiger partial charge in [0.25, 0.3) is 0 Å². The average Bonchev–Trinajstić information content (AvgIpc) is 3.45. The van der Waals surface area contributed by atoms with Gasteiger partial charge in [0.05, 0.1) is 12.9 Å². The summed E-state index contributed by atoms with van der Waals surface area (Å²) < 4.78 is 5.68. The molecule has 146 valence electrons. The highest BCUT2D eigenvalue weighted by Crippen LogP contribution is 2.37. The van der Waals surface area contributed by atoms with E-state index in [-0.39, 0.29) is 18.2 Å². The third-order valence-electron chi connectivity index (χ3n) is 4.69. The molecule has 0 aromatic rings. The second kappa shape index (κ2) is 9.79. The van der Waals surface area contributed by atoms with Gasteiger partial charge >= 0.3 is 0 Å². The third kappa shape index (κ3) is 7.63. The molecule has 0 aliphatic heterocycles. The van der Waals surface area contributed by atoms with E-state index in [0.29, 0.717) is 18.3 Å². The van der Waals surface area contributed by atoms with Crippen LogP contribution >= 0.6 is 0 Å². The number of carbonyl (C=O) groups excluding carboxylic acids is 2. The highest BCUT2D eigenvalue weighted by molar-refractivity contribution is 5.87. The lowest BCUT2D eigenvalue weighted by Gasteiger charge is -2.23. The summed E-state index contributed by atoms with van der Waals surface area (Å²) in [6, 6.07) is -0.453. The Morgan fingerprint density at radius 2 is 1.88 bits per heavy atom. The van der Waals surface area contributed by atoms with Crippen molar-refractivity contribution >= 4 is 11.8 Å². The van der Waals surface area contributed by atoms with Crippen LogP contribution in [0.5, 0.6) is 0 Å². The fourth-order valence-corrected chi connectivity index (χ4v) is 2.81. The number of carbonyl (C=O) groups is 2. The minimum atomic E-state index is -0.453. The van der Waals surface area contributed by atoms with Gasteiger partial charge in [0.2, 0.25) is 11.8 Å². The number of hydrogen-bond acceptors (Lipinski definition) is 3. The maximum Gasteiger partial charge on any atom is 0.244 e. The standard InChI is InChI=1S/C21H34N2O3/c1-15(2)12-19(21(25)23(3)4)22-20(24)7-5-6-18(17-10-11-17)14-26-13-16-8-9-16/h5-6,14-17,19H,7-13H2,1-4H3,(H,22,24)/b6-5-,18-14-. The van der Waals surface area contributed by atoms with E-state index in [1.807, 2.05) is 18.4 Å². The highest BCUT2D eigenvalue weighted by Gasteiger charge is 2.26. The van der Waals surface area contributed by atoms with Gasteiger partial charge in [-0.3, -0.25) is 9.59 Å². The number of likely N-dealkylation sites (N-methyl/N-ethyl adjacent to an activating group) is 1. The smallest absolute Gasteiger partial charge is 0.244 e. The van der Waals surface area contributed by atoms with Crippen molar-refractivity contribution in [3.05, 3.63) is 24.0 Å². The number of allylic oxidation sites excluding steroid dienone is 2. The van der Waals surface area contributed by atoms with Crippen LogP contribution in [0.2, 0.25) is 0 Å². The molecule has 0 spiro atoms. The minimum absolute atomic E-state index is 0.0527. The zero-order valence-electron chi connectivity index (χ0n) is 16.7. The van der Waals surface area contributed by atoms with Gasteiger partial charge in [-0.2, -0.15) is 0 Å². The second-order valence-corrected chi connectivity index (χ2v) is 8.26. The summed E-state index contributed by atoms with van der Waals surface area (Å²) in [5, 5.41) is 2.88. The van der Waals surface area contributed by atoms with Crippen LogP contribution < -0.4 is 5.32 Å². The Bertz CT molecular complexity index is 543. The quantitative estimate of drug-likeness (QED) is 0.453. The van der Waals surface area contributed by atoms with Crippen molar-refractivity contribution in [2.45, 2.75) is 58.4 Å². The fourth-order valence-electron chi connectivity index (χ4n) is 2.81. The van der Waals surface area contributed by atoms with Crippen molar-refractivity contribution < 1.29 is 14.3 Å². The van der Waals surface area contributed by atoms with Crippen molar-refractivity contribution in [1.82, 2.24) is 10.2 Å². The zero-order chi connectivity index (χ0) is 19.1. The Balaban J connectivity index is 1.81. The van der Waals surface area contributed by atoms with Crippen LogP contribution in [0.25, 0.3) is 0 Å². The van der Waals surface area contributed by atoms with Crippen LogP contribution in [-0.4, -0.2) is 43.5 Å². The molecule has 0 radical (unpaired) electrons. The SMILES string of the molecule is CC(C)CC(NC(=O)C/C=C\C(=C\OCC1CC1)C1CC1)C(=O)N(C)C. The lowest BCUT2D eigenvalue weighted by molar-refractivity contribution is -0.134. The number of ether oxygens (including phenoxy) is 1. The van der Waals surface area contributed by atoms with Gasteiger partial charge in [-0.25, -0.2) is 0 Å². The number of rotatable bonds is 11. The molecule has 2 aliphatic rings. The fraction of sp³-hybridized carbons (Fsp3) is 0.714. The molecule has 5 heteroatoms. The molecule has 2 fully saturated rings. The Morgan fingerprint density at radius 3 is 2.42 bits per heavy atom. The molecule has 2 amide bonds. The molecule has 0 bridgehead atoms. The van der Waals surface area contributed by atoms with Gasteiger partial charge in [0.1, 0.15) is 6.04 Å². The molecule has 0 saturated heterocycles. The Kier molecular flexibility index (Phi) is 7.73. The van der Waals surface area contributed by atoms with E-state index in [1.54, 1.807) is 14.1 Å². The van der Waals surface area contributed by atoms with Gasteiger partial charge in [-0.1, -0.05) is 26.0 Å². The molecule has 1 N–H and O–H groups in total. The largest absolute Gasteiger partial charge is 0.501 e. The molecular formula is C21H34N2O3. The Labute approximate surface area is 157 Å². The van der Waals surface area contributed by atoms with Crippen LogP contribution in [0.3, 0.4) is 0 Å². The predicted molar refractivity (Wildman–Crippen MR) is 103 cm³/mol. The van der Waals surface area contributed by atoms with Gasteiger partial charge in [-0.05, 0) is 55.4 Å². The lowest BCUT2D eigenvalue weighted by atomic mass is 10.0. The first-order valence-corrected chi connectivity index (χ1v) is 9.85. The van der Waals surface area contributed by atoms with E-state index in [4.69, 9.17) is 4.74 Å². The Morgan fingerprint density at radius 1 is 1.19 bits per heavy atom. The monoisotopic (exact) mass is 362 g/mol. The summed E-state index contributed by atoms with van der Waals surface area (Å²) in [6.45, 7) is 4.92. The second-order valence-electron chi connectivity index (χ2n) is 8.26. The van der Waals surface area contributed by atoms with Crippen molar-refractivity contribution in [3.8, 4) is 0 Å². The van der Waals surface area contributed by atoms with E-state index in [0.717, 1.165) is 12.5 Å². The number of nitrogens with one attached hydrogen (secondary N) is 1. The summed E-state index contributed by atoms with van der Waals surface area (Å²) in [4.78, 5) is 26.0. The summed E-state index contributed by atoms with van der Waals surface area (Å²) in [5.74, 6) is 1.50. The molecule has 2 saturated carbocycles. The van der Waals surface area contributed by atoms with Crippen LogP contribution in [0.15, 0.2) is 24.0 Å². The molecule has 1 atom stereocenters. The molecule has 0 aromatic heterocycles. The third-order valence-corrected chi connectivity index (χ3v) is 4.69. The topological polar surface area (TPSA) is 58.6 Å². The van der Waals surface area contributed by atoms with E-state index in [9.17, 15) is 9.59 Å². The predicted octanol–water partition coefficient (Wildman–Crippen LogP) is 3.27. The first-order chi connectivity index (χ1) is 12.4. The molecule has 2 rings (SSSR count). The Hall–Kier alpha value is -1.78. The number of hydrogen-bond donors (Lipinski definition) is 1. The summed E-state index contributed by atoms with van der Waals surface area (Å²) >= 11 is 0. The number of nitrogens with zero attached hydrogens (tertiary/aromatic N) is 1. The van der Waals surface area contributed by atoms with E-state index < -0.39 is 6.04 Å². The lowest BCUT2D eigenvalue weighted by Crippen LogP contribution is -2.46. The first-order valence-electron chi connectivity index (χ1n) is 9.85. The zero-order valence-corrected chi connectivity index (χ0v) is 16.7. The van der Waals surface area contributed by atoms with Gasteiger partial charge in [0.15, 0.2) is 0 Å². The van der Waals surface area contributed by atoms with Crippen molar-refractivity contribution in [3.63, 3.8) is 0 Å². The maximum absolute atomic E-state index is 12.3. The number of amides is 2. The highest BCUT2D eigenvalue weighted by atomic mass is 16.5. The molecule has 0 heterocycles. The van der Waals surface area contributed by atoms with Crippen molar-refractivity contribution in [2.24, 2.45) is 17.8 Å². The van der Waals surface area contributed by atoms with E-state index in [2.05, 4.69) is 19.2 Å². The van der Waals surface area contributed by atoms with Crippen molar-refractivity contribution in [1.29, 1.82) is 0 Å². The molecule has 26 heavy (non-hydrogen) atoms. The maximum atomic E-state index is 12.3. The van der Waals surface area contributed by atoms with Crippen LogP contribution in [0.1, 0.15) is 52.4 Å². The average molecular weight is 363 g/mol. The van der Waals surface area contributed by atoms with Crippen LogP contribution in [0.4, 0.5) is 0 Å². The van der Waals surface area contributed by atoms with Gasteiger partial charge < -0.3 is 15.0 Å². The van der Waals surface area contributed by atoms with Crippen molar-refractivity contribution in [2.75, 3.05) is 20.7 Å². The summed E-state index contributed by atoms with van der Waals surface area (Å²) in [7, 11) is 3.44. The first kappa shape index (κ1) is 20.5. The normalized spacial score (nSPS) is 18.9. The molecule has 1 unspecified atom stereocenters. The van der Waals surface area contributed by atoms with Crippen LogP contribution in [0, 0.1) is 17.8 Å². The van der Waals surface area contributed by atoms with E-state index >= 15 is 0 Å². The summed E-state index contributed by atoms with van der Waals surface area (Å²) in [6.07, 6.45) is 11.7. The molecular weight excluding hydrogens is 328 g/mol. The molecule has 0 aromatic carbocycles. The van der Waals surface area contributed by atoms with Crippen LogP contribution in [-0.2, 0) is 14.3 Å².